The molecule has 1 aromatic heterocycles. The molecule has 172 valence electrons. The molecule has 0 spiro atoms. The van der Waals surface area contributed by atoms with E-state index in [0.717, 1.165) is 0 Å². The largest absolute Gasteiger partial charge is 0.373 e. The zero-order valence-corrected chi connectivity index (χ0v) is 22.2. The maximum Gasteiger partial charge on any atom is 0.169 e. The normalized spacial score (nSPS) is 16.7. The molecule has 32 heavy (non-hydrogen) atoms. The molecule has 0 unspecified atom stereocenters. The molecule has 0 amide bonds. The maximum atomic E-state index is 2.84. The van der Waals surface area contributed by atoms with Crippen LogP contribution in [0.2, 0.25) is 16.6 Å². The van der Waals surface area contributed by atoms with E-state index in [-0.39, 0.29) is 0 Å². The number of hydrogen-bond acceptors (Lipinski definition) is 1. The van der Waals surface area contributed by atoms with Crippen molar-refractivity contribution in [1.29, 1.82) is 0 Å². The first-order valence-electron chi connectivity index (χ1n) is 12.7. The average Bonchev–Trinajstić information content (AvgIpc) is 3.13. The molecule has 0 saturated carbocycles. The highest BCUT2D eigenvalue weighted by atomic mass is 28.3. The minimum Gasteiger partial charge on any atom is -0.373 e. The number of hydrogen-bond donors (Lipinski definition) is 0. The Labute approximate surface area is 196 Å². The molecule has 1 saturated heterocycles. The summed E-state index contributed by atoms with van der Waals surface area (Å²) in [6.07, 6.45) is 5.16. The van der Waals surface area contributed by atoms with Crippen molar-refractivity contribution in [3.05, 3.63) is 60.3 Å². The van der Waals surface area contributed by atoms with Crippen molar-refractivity contribution >= 4 is 19.1 Å². The summed E-state index contributed by atoms with van der Waals surface area (Å²) in [7, 11) is 0.450. The summed E-state index contributed by atoms with van der Waals surface area (Å²) in [4.78, 5) is 2.49. The van der Waals surface area contributed by atoms with Crippen LogP contribution in [0.25, 0.3) is 22.0 Å². The third kappa shape index (κ3) is 3.88. The number of piperidine rings is 1. The van der Waals surface area contributed by atoms with Crippen LogP contribution < -0.4 is 0 Å². The lowest BCUT2D eigenvalue weighted by Crippen LogP contribution is -2.51. The van der Waals surface area contributed by atoms with Crippen LogP contribution in [0.3, 0.4) is 0 Å². The van der Waals surface area contributed by atoms with Crippen LogP contribution in [-0.4, -0.2) is 37.5 Å². The summed E-state index contributed by atoms with van der Waals surface area (Å²) in [5, 5.41) is 1.50. The van der Waals surface area contributed by atoms with Gasteiger partial charge in [0.2, 0.25) is 0 Å². The predicted octanol–water partition coefficient (Wildman–Crippen LogP) is 8.14. The molecule has 0 bridgehead atoms. The molecule has 2 heterocycles. The van der Waals surface area contributed by atoms with Crippen molar-refractivity contribution < 1.29 is 0 Å². The minimum atomic E-state index is -1.81. The SMILES string of the molecule is CC(C)[Si](C(C)C)(C(C)C)n1cc(C2CCN(C)CC2)c2cc(-c3ccccc3)ccc21. The van der Waals surface area contributed by atoms with Crippen LogP contribution in [0.4, 0.5) is 0 Å². The topological polar surface area (TPSA) is 8.17 Å². The fourth-order valence-electron chi connectivity index (χ4n) is 6.87. The minimum absolute atomic E-state index is 0.666. The van der Waals surface area contributed by atoms with E-state index < -0.39 is 8.24 Å². The number of likely N-dealkylation sites (tertiary alicyclic amines) is 1. The van der Waals surface area contributed by atoms with Gasteiger partial charge < -0.3 is 9.13 Å². The number of nitrogens with zero attached hydrogens (tertiary/aromatic N) is 2. The van der Waals surface area contributed by atoms with Gasteiger partial charge in [0, 0.05) is 10.9 Å². The Balaban J connectivity index is 1.96. The summed E-state index contributed by atoms with van der Waals surface area (Å²) in [6.45, 7) is 17.3. The van der Waals surface area contributed by atoms with Crippen molar-refractivity contribution in [2.75, 3.05) is 20.1 Å². The molecule has 0 aliphatic carbocycles. The predicted molar refractivity (Wildman–Crippen MR) is 143 cm³/mol. The van der Waals surface area contributed by atoms with Crippen LogP contribution in [-0.2, 0) is 0 Å². The first-order valence-corrected chi connectivity index (χ1v) is 14.8. The lowest BCUT2D eigenvalue weighted by molar-refractivity contribution is 0.256. The third-order valence-electron chi connectivity index (χ3n) is 8.29. The number of benzene rings is 2. The highest BCUT2D eigenvalue weighted by Gasteiger charge is 2.46. The molecule has 0 N–H and O–H groups in total. The highest BCUT2D eigenvalue weighted by molar-refractivity contribution is 6.82. The van der Waals surface area contributed by atoms with Gasteiger partial charge >= 0.3 is 0 Å². The van der Waals surface area contributed by atoms with E-state index in [1.807, 2.05) is 0 Å². The molecule has 0 radical (unpaired) electrons. The number of fused-ring (bicyclic) bond motifs is 1. The second kappa shape index (κ2) is 9.19. The number of rotatable bonds is 6. The molecule has 3 heteroatoms. The van der Waals surface area contributed by atoms with Crippen LogP contribution in [0.15, 0.2) is 54.7 Å². The van der Waals surface area contributed by atoms with Crippen LogP contribution in [0.5, 0.6) is 0 Å². The van der Waals surface area contributed by atoms with Gasteiger partial charge in [0.25, 0.3) is 0 Å². The first kappa shape index (κ1) is 23.3. The summed E-state index contributed by atoms with van der Waals surface area (Å²) >= 11 is 0. The third-order valence-corrected chi connectivity index (χ3v) is 15.0. The Hall–Kier alpha value is -1.84. The summed E-state index contributed by atoms with van der Waals surface area (Å²) < 4.78 is 2.84. The van der Waals surface area contributed by atoms with Gasteiger partial charge in [-0.05, 0) is 90.5 Å². The lowest BCUT2D eigenvalue weighted by Gasteiger charge is -2.44. The molecule has 1 fully saturated rings. The van der Waals surface area contributed by atoms with E-state index in [1.165, 1.54) is 48.0 Å². The summed E-state index contributed by atoms with van der Waals surface area (Å²) in [5.74, 6) is 0.666. The Kier molecular flexibility index (Phi) is 6.70. The molecule has 1 aliphatic rings. The molecular formula is C29H42N2Si. The standard InChI is InChI=1S/C29H42N2Si/c1-21(2)32(22(3)4,23(5)6)31-20-28(25-15-17-30(7)18-16-25)27-19-26(13-14-29(27)31)24-11-9-8-10-12-24/h8-14,19-23,25H,15-18H2,1-7H3. The second-order valence-corrected chi connectivity index (χ2v) is 16.7. The molecule has 4 rings (SSSR count). The first-order chi connectivity index (χ1) is 15.3. The van der Waals surface area contributed by atoms with Gasteiger partial charge in [-0.1, -0.05) is 77.9 Å². The zero-order chi connectivity index (χ0) is 23.0. The van der Waals surface area contributed by atoms with Crippen molar-refractivity contribution in [1.82, 2.24) is 9.13 Å². The molecule has 3 aromatic rings. The smallest absolute Gasteiger partial charge is 0.169 e. The average molecular weight is 447 g/mol. The lowest BCUT2D eigenvalue weighted by atomic mass is 9.89. The molecular weight excluding hydrogens is 404 g/mol. The van der Waals surface area contributed by atoms with Crippen molar-refractivity contribution in [3.8, 4) is 11.1 Å². The van der Waals surface area contributed by atoms with Crippen molar-refractivity contribution in [3.63, 3.8) is 0 Å². The van der Waals surface area contributed by atoms with Gasteiger partial charge in [0.1, 0.15) is 0 Å². The van der Waals surface area contributed by atoms with Crippen molar-refractivity contribution in [2.45, 2.75) is 76.9 Å². The van der Waals surface area contributed by atoms with Crippen LogP contribution in [0, 0.1) is 0 Å². The van der Waals surface area contributed by atoms with Crippen LogP contribution in [0.1, 0.15) is 65.9 Å². The summed E-state index contributed by atoms with van der Waals surface area (Å²) in [6, 6.07) is 18.2. The van der Waals surface area contributed by atoms with Gasteiger partial charge in [0.05, 0.1) is 0 Å². The van der Waals surface area contributed by atoms with E-state index in [4.69, 9.17) is 0 Å². The second-order valence-electron chi connectivity index (χ2n) is 11.0. The zero-order valence-electron chi connectivity index (χ0n) is 21.2. The molecule has 2 nitrogen and oxygen atoms in total. The van der Waals surface area contributed by atoms with E-state index >= 15 is 0 Å². The van der Waals surface area contributed by atoms with E-state index in [2.05, 4.69) is 112 Å². The Morgan fingerprint density at radius 1 is 0.781 bits per heavy atom. The van der Waals surface area contributed by atoms with Gasteiger partial charge in [0.15, 0.2) is 8.24 Å². The fraction of sp³-hybridized carbons (Fsp3) is 0.517. The van der Waals surface area contributed by atoms with Gasteiger partial charge in [-0.2, -0.15) is 0 Å². The van der Waals surface area contributed by atoms with E-state index in [0.29, 0.717) is 22.5 Å². The molecule has 0 atom stereocenters. The van der Waals surface area contributed by atoms with Gasteiger partial charge in [-0.15, -0.1) is 0 Å². The monoisotopic (exact) mass is 446 g/mol. The van der Waals surface area contributed by atoms with Crippen LogP contribution >= 0.6 is 0 Å². The fourth-order valence-corrected chi connectivity index (χ4v) is 13.5. The number of aromatic nitrogens is 1. The van der Waals surface area contributed by atoms with Gasteiger partial charge in [-0.25, -0.2) is 0 Å². The summed E-state index contributed by atoms with van der Waals surface area (Å²) in [5.41, 5.74) is 7.81. The molecule has 2 aromatic carbocycles. The Bertz CT molecular complexity index is 1020. The van der Waals surface area contributed by atoms with Crippen molar-refractivity contribution in [2.24, 2.45) is 0 Å². The van der Waals surface area contributed by atoms with E-state index in [9.17, 15) is 0 Å². The highest BCUT2D eigenvalue weighted by Crippen LogP contribution is 2.46. The quantitative estimate of drug-likeness (QED) is 0.347. The maximum absolute atomic E-state index is 2.84. The van der Waals surface area contributed by atoms with E-state index in [1.54, 1.807) is 5.56 Å². The Morgan fingerprint density at radius 2 is 1.38 bits per heavy atom. The Morgan fingerprint density at radius 3 is 1.94 bits per heavy atom. The van der Waals surface area contributed by atoms with Gasteiger partial charge in [-0.3, -0.25) is 0 Å². The molecule has 1 aliphatic heterocycles.